The second kappa shape index (κ2) is 9.23. The number of nitrogens with zero attached hydrogens (tertiary/aromatic N) is 1. The van der Waals surface area contributed by atoms with E-state index in [4.69, 9.17) is 27.9 Å². The van der Waals surface area contributed by atoms with Crippen molar-refractivity contribution in [2.75, 3.05) is 18.1 Å². The van der Waals surface area contributed by atoms with Crippen molar-refractivity contribution >= 4 is 28.9 Å². The third-order valence-electron chi connectivity index (χ3n) is 5.47. The fourth-order valence-corrected chi connectivity index (χ4v) is 4.16. The van der Waals surface area contributed by atoms with Gasteiger partial charge in [0.25, 0.3) is 0 Å². The maximum Gasteiger partial charge on any atom is 0.162 e. The van der Waals surface area contributed by atoms with Crippen molar-refractivity contribution in [3.05, 3.63) is 94.0 Å². The maximum absolute atomic E-state index is 13.4. The zero-order valence-electron chi connectivity index (χ0n) is 16.2. The van der Waals surface area contributed by atoms with E-state index in [0.29, 0.717) is 22.4 Å². The molecular formula is C24H21Cl2F2NO. The summed E-state index contributed by atoms with van der Waals surface area (Å²) in [6, 6.07) is 19.6. The third-order valence-corrected chi connectivity index (χ3v) is 5.97. The highest BCUT2D eigenvalue weighted by Crippen LogP contribution is 2.38. The molecule has 1 fully saturated rings. The Morgan fingerprint density at radius 3 is 2.17 bits per heavy atom. The molecule has 0 amide bonds. The van der Waals surface area contributed by atoms with Gasteiger partial charge < -0.3 is 9.64 Å². The Kier molecular flexibility index (Phi) is 6.45. The van der Waals surface area contributed by atoms with E-state index in [9.17, 15) is 8.78 Å². The molecule has 156 valence electrons. The van der Waals surface area contributed by atoms with Crippen LogP contribution in [-0.2, 0) is 0 Å². The average Bonchev–Trinajstić information content (AvgIpc) is 2.76. The lowest BCUT2D eigenvalue weighted by Gasteiger charge is -2.41. The van der Waals surface area contributed by atoms with E-state index >= 15 is 0 Å². The van der Waals surface area contributed by atoms with Crippen LogP contribution in [0.1, 0.15) is 24.4 Å². The first-order valence-corrected chi connectivity index (χ1v) is 10.6. The minimum Gasteiger partial charge on any atom is -0.493 e. The Morgan fingerprint density at radius 1 is 0.833 bits per heavy atom. The van der Waals surface area contributed by atoms with Gasteiger partial charge in [0.2, 0.25) is 0 Å². The van der Waals surface area contributed by atoms with Gasteiger partial charge in [-0.2, -0.15) is 0 Å². The van der Waals surface area contributed by atoms with Gasteiger partial charge >= 0.3 is 0 Å². The highest BCUT2D eigenvalue weighted by atomic mass is 35.5. The maximum atomic E-state index is 13.4. The van der Waals surface area contributed by atoms with Gasteiger partial charge in [-0.05, 0) is 66.9 Å². The number of halogens is 4. The van der Waals surface area contributed by atoms with Crippen molar-refractivity contribution in [3.63, 3.8) is 0 Å². The van der Waals surface area contributed by atoms with Crippen molar-refractivity contribution < 1.29 is 13.5 Å². The van der Waals surface area contributed by atoms with E-state index in [1.165, 1.54) is 11.6 Å². The summed E-state index contributed by atoms with van der Waals surface area (Å²) >= 11 is 12.2. The summed E-state index contributed by atoms with van der Waals surface area (Å²) < 4.78 is 32.3. The predicted molar refractivity (Wildman–Crippen MR) is 118 cm³/mol. The molecule has 3 aromatic carbocycles. The lowest BCUT2D eigenvalue weighted by atomic mass is 9.89. The van der Waals surface area contributed by atoms with E-state index in [1.807, 2.05) is 36.4 Å². The van der Waals surface area contributed by atoms with Crippen LogP contribution < -0.4 is 9.64 Å². The van der Waals surface area contributed by atoms with E-state index in [0.717, 1.165) is 37.2 Å². The number of piperidine rings is 1. The highest BCUT2D eigenvalue weighted by Gasteiger charge is 2.30. The van der Waals surface area contributed by atoms with Gasteiger partial charge in [-0.1, -0.05) is 35.3 Å². The van der Waals surface area contributed by atoms with Crippen molar-refractivity contribution in [1.29, 1.82) is 0 Å². The average molecular weight is 448 g/mol. The molecule has 0 saturated carbocycles. The smallest absolute Gasteiger partial charge is 0.162 e. The van der Waals surface area contributed by atoms with Gasteiger partial charge in [0.15, 0.2) is 11.6 Å². The number of benzene rings is 3. The lowest BCUT2D eigenvalue weighted by molar-refractivity contribution is 0.215. The van der Waals surface area contributed by atoms with E-state index < -0.39 is 11.6 Å². The van der Waals surface area contributed by atoms with Crippen molar-refractivity contribution in [2.24, 2.45) is 5.92 Å². The van der Waals surface area contributed by atoms with Crippen molar-refractivity contribution in [2.45, 2.75) is 18.9 Å². The number of hydrogen-bond acceptors (Lipinski definition) is 2. The normalized spacial score (nSPS) is 19.0. The molecule has 0 aromatic heterocycles. The van der Waals surface area contributed by atoms with Crippen LogP contribution in [0.2, 0.25) is 10.0 Å². The molecule has 2 unspecified atom stereocenters. The summed E-state index contributed by atoms with van der Waals surface area (Å²) in [7, 11) is 0. The fraction of sp³-hybridized carbons (Fsp3) is 0.250. The molecule has 1 aliphatic rings. The number of anilines is 1. The molecular weight excluding hydrogens is 427 g/mol. The van der Waals surface area contributed by atoms with E-state index in [2.05, 4.69) is 17.0 Å². The second-order valence-electron chi connectivity index (χ2n) is 7.53. The van der Waals surface area contributed by atoms with Crippen LogP contribution in [-0.4, -0.2) is 13.2 Å². The van der Waals surface area contributed by atoms with Crippen LogP contribution in [0.3, 0.4) is 0 Å². The van der Waals surface area contributed by atoms with Crippen LogP contribution in [0, 0.1) is 17.6 Å². The molecule has 0 bridgehead atoms. The first kappa shape index (κ1) is 21.0. The van der Waals surface area contributed by atoms with Gasteiger partial charge in [0, 0.05) is 34.3 Å². The molecule has 2 nitrogen and oxygen atoms in total. The van der Waals surface area contributed by atoms with Crippen molar-refractivity contribution in [1.82, 2.24) is 0 Å². The van der Waals surface area contributed by atoms with Crippen LogP contribution in [0.25, 0.3) is 0 Å². The van der Waals surface area contributed by atoms with Gasteiger partial charge in [-0.25, -0.2) is 8.78 Å². The van der Waals surface area contributed by atoms with Crippen LogP contribution in [0.4, 0.5) is 14.5 Å². The summed E-state index contributed by atoms with van der Waals surface area (Å²) in [4.78, 5) is 2.35. The van der Waals surface area contributed by atoms with Gasteiger partial charge in [0.1, 0.15) is 5.75 Å². The molecule has 0 spiro atoms. The number of rotatable bonds is 5. The summed E-state index contributed by atoms with van der Waals surface area (Å²) in [6.45, 7) is 1.21. The summed E-state index contributed by atoms with van der Waals surface area (Å²) in [5.74, 6) is -1.19. The van der Waals surface area contributed by atoms with Gasteiger partial charge in [-0.3, -0.25) is 0 Å². The van der Waals surface area contributed by atoms with E-state index in [-0.39, 0.29) is 12.0 Å². The molecule has 0 N–H and O–H groups in total. The summed E-state index contributed by atoms with van der Waals surface area (Å²) in [6.07, 6.45) is 1.90. The summed E-state index contributed by atoms with van der Waals surface area (Å²) in [5.41, 5.74) is 2.28. The van der Waals surface area contributed by atoms with Crippen molar-refractivity contribution in [3.8, 4) is 5.75 Å². The molecule has 6 heteroatoms. The Morgan fingerprint density at radius 2 is 1.50 bits per heavy atom. The highest BCUT2D eigenvalue weighted by molar-refractivity contribution is 6.30. The first-order chi connectivity index (χ1) is 14.5. The van der Waals surface area contributed by atoms with Crippen LogP contribution >= 0.6 is 23.2 Å². The topological polar surface area (TPSA) is 12.5 Å². The van der Waals surface area contributed by atoms with Gasteiger partial charge in [0.05, 0.1) is 12.6 Å². The number of ether oxygens (including phenoxy) is 1. The quantitative estimate of drug-likeness (QED) is 0.406. The fourth-order valence-electron chi connectivity index (χ4n) is 3.91. The summed E-state index contributed by atoms with van der Waals surface area (Å²) in [5, 5.41) is 1.41. The zero-order chi connectivity index (χ0) is 21.1. The largest absolute Gasteiger partial charge is 0.493 e. The molecule has 30 heavy (non-hydrogen) atoms. The second-order valence-corrected chi connectivity index (χ2v) is 8.40. The predicted octanol–water partition coefficient (Wildman–Crippen LogP) is 7.31. The SMILES string of the molecule is Fc1ccc(OCC2CCC(c3ccc(Cl)cc3)N(c3ccc(Cl)cc3)C2)cc1F. The first-order valence-electron chi connectivity index (χ1n) is 9.85. The standard InChI is InChI=1S/C24H21Cl2F2NO/c25-18-4-2-17(3-5-18)24-12-1-16(14-29(24)20-8-6-19(26)7-9-20)15-30-21-10-11-22(27)23(28)13-21/h2-11,13,16,24H,1,12,14-15H2. The monoisotopic (exact) mass is 447 g/mol. The Labute approximate surface area is 185 Å². The Bertz CT molecular complexity index is 995. The molecule has 3 aromatic rings. The van der Waals surface area contributed by atoms with E-state index in [1.54, 1.807) is 0 Å². The molecule has 1 aliphatic heterocycles. The Balaban J connectivity index is 1.51. The Hall–Kier alpha value is -2.30. The molecule has 2 atom stereocenters. The molecule has 0 radical (unpaired) electrons. The third kappa shape index (κ3) is 4.88. The molecule has 1 saturated heterocycles. The van der Waals surface area contributed by atoms with Crippen LogP contribution in [0.15, 0.2) is 66.7 Å². The van der Waals surface area contributed by atoms with Crippen LogP contribution in [0.5, 0.6) is 5.75 Å². The molecule has 0 aliphatic carbocycles. The minimum absolute atomic E-state index is 0.211. The lowest BCUT2D eigenvalue weighted by Crippen LogP contribution is -2.40. The molecule has 1 heterocycles. The van der Waals surface area contributed by atoms with Gasteiger partial charge in [-0.15, -0.1) is 0 Å². The molecule has 4 rings (SSSR count). The minimum atomic E-state index is -0.901. The zero-order valence-corrected chi connectivity index (χ0v) is 17.7. The number of hydrogen-bond donors (Lipinski definition) is 0.